The van der Waals surface area contributed by atoms with Gasteiger partial charge in [-0.15, -0.1) is 0 Å². The minimum atomic E-state index is -0.539. The first-order valence-corrected chi connectivity index (χ1v) is 7.78. The van der Waals surface area contributed by atoms with Crippen molar-refractivity contribution in [1.82, 2.24) is 4.90 Å². The molecule has 7 heteroatoms. The number of nitrogens with zero attached hydrogens (tertiary/aromatic N) is 2. The average molecular weight is 345 g/mol. The molecular weight excluding hydrogens is 322 g/mol. The molecule has 7 nitrogen and oxygen atoms in total. The molecule has 0 spiro atoms. The Labute approximate surface area is 147 Å². The molecular formula is C18H23N3O4. The summed E-state index contributed by atoms with van der Waals surface area (Å²) in [6, 6.07) is 8.47. The normalized spacial score (nSPS) is 10.9. The van der Waals surface area contributed by atoms with Crippen LogP contribution in [0.3, 0.4) is 0 Å². The average Bonchev–Trinajstić information content (AvgIpc) is 2.61. The summed E-state index contributed by atoms with van der Waals surface area (Å²) in [6.45, 7) is 3.42. The molecule has 1 amide bonds. The third-order valence-corrected chi connectivity index (χ3v) is 3.37. The van der Waals surface area contributed by atoms with E-state index in [1.807, 2.05) is 6.07 Å². The van der Waals surface area contributed by atoms with Gasteiger partial charge < -0.3 is 19.7 Å². The summed E-state index contributed by atoms with van der Waals surface area (Å²) in [5, 5.41) is 11.9. The number of carbonyl (C=O) groups is 2. The van der Waals surface area contributed by atoms with Crippen LogP contribution in [0.4, 0.5) is 5.69 Å². The molecule has 0 aliphatic carbocycles. The Morgan fingerprint density at radius 2 is 1.88 bits per heavy atom. The van der Waals surface area contributed by atoms with Gasteiger partial charge >= 0.3 is 0 Å². The molecule has 134 valence electrons. The largest absolute Gasteiger partial charge is 0.383 e. The van der Waals surface area contributed by atoms with Crippen molar-refractivity contribution < 1.29 is 19.1 Å². The molecule has 0 heterocycles. The van der Waals surface area contributed by atoms with Crippen molar-refractivity contribution >= 4 is 17.4 Å². The number of amides is 1. The molecule has 0 bridgehead atoms. The van der Waals surface area contributed by atoms with Gasteiger partial charge in [0.25, 0.3) is 5.91 Å². The second kappa shape index (κ2) is 11.0. The molecule has 0 unspecified atom stereocenters. The number of Topliss-reactive ketones (excluding diaryl/α,β-unsaturated/α-hetero) is 1. The van der Waals surface area contributed by atoms with Gasteiger partial charge in [-0.1, -0.05) is 12.1 Å². The van der Waals surface area contributed by atoms with Gasteiger partial charge in [-0.2, -0.15) is 5.26 Å². The highest BCUT2D eigenvalue weighted by Crippen LogP contribution is 2.12. The van der Waals surface area contributed by atoms with Crippen LogP contribution >= 0.6 is 0 Å². The number of anilines is 1. The topological polar surface area (TPSA) is 91.7 Å². The predicted octanol–water partition coefficient (Wildman–Crippen LogP) is 1.83. The smallest absolute Gasteiger partial charge is 0.267 e. The molecule has 0 saturated heterocycles. The van der Waals surface area contributed by atoms with Crippen molar-refractivity contribution in [2.24, 2.45) is 0 Å². The SMILES string of the molecule is COCCN(/C=C(/C#N)C(=O)Nc1cccc(C(C)=O)c1)CCOC. The van der Waals surface area contributed by atoms with Gasteiger partial charge in [-0.25, -0.2) is 0 Å². The van der Waals surface area contributed by atoms with E-state index in [0.29, 0.717) is 37.6 Å². The van der Waals surface area contributed by atoms with Crippen LogP contribution in [0.2, 0.25) is 0 Å². The maximum Gasteiger partial charge on any atom is 0.267 e. The molecule has 25 heavy (non-hydrogen) atoms. The molecule has 0 aliphatic rings. The predicted molar refractivity (Wildman–Crippen MR) is 94.1 cm³/mol. The van der Waals surface area contributed by atoms with Gasteiger partial charge in [-0.3, -0.25) is 9.59 Å². The van der Waals surface area contributed by atoms with Crippen LogP contribution in [0, 0.1) is 11.3 Å². The number of nitriles is 1. The Balaban J connectivity index is 2.88. The number of hydrogen-bond donors (Lipinski definition) is 1. The third-order valence-electron chi connectivity index (χ3n) is 3.37. The maximum atomic E-state index is 12.3. The van der Waals surface area contributed by atoms with Gasteiger partial charge in [0.1, 0.15) is 11.6 Å². The molecule has 0 saturated carbocycles. The van der Waals surface area contributed by atoms with Crippen LogP contribution in [0.25, 0.3) is 0 Å². The fourth-order valence-electron chi connectivity index (χ4n) is 1.99. The lowest BCUT2D eigenvalue weighted by molar-refractivity contribution is -0.112. The van der Waals surface area contributed by atoms with Crippen molar-refractivity contribution in [3.05, 3.63) is 41.6 Å². The van der Waals surface area contributed by atoms with Gasteiger partial charge in [0.15, 0.2) is 5.78 Å². The molecule has 0 atom stereocenters. The molecule has 0 radical (unpaired) electrons. The van der Waals surface area contributed by atoms with E-state index in [-0.39, 0.29) is 11.4 Å². The number of hydrogen-bond acceptors (Lipinski definition) is 6. The number of ether oxygens (including phenoxy) is 2. The summed E-state index contributed by atoms with van der Waals surface area (Å²) in [4.78, 5) is 25.5. The minimum absolute atomic E-state index is 0.0413. The summed E-state index contributed by atoms with van der Waals surface area (Å²) in [5.41, 5.74) is 0.904. The number of methoxy groups -OCH3 is 2. The number of ketones is 1. The van der Waals surface area contributed by atoms with E-state index in [1.165, 1.54) is 13.1 Å². The van der Waals surface area contributed by atoms with E-state index >= 15 is 0 Å². The van der Waals surface area contributed by atoms with E-state index in [1.54, 1.807) is 43.4 Å². The number of benzene rings is 1. The lowest BCUT2D eigenvalue weighted by atomic mass is 10.1. The number of rotatable bonds is 10. The molecule has 0 aliphatic heterocycles. The first kappa shape index (κ1) is 20.4. The summed E-state index contributed by atoms with van der Waals surface area (Å²) in [7, 11) is 3.16. The number of nitrogens with one attached hydrogen (secondary N) is 1. The van der Waals surface area contributed by atoms with Crippen molar-refractivity contribution in [2.45, 2.75) is 6.92 Å². The number of carbonyl (C=O) groups excluding carboxylic acids is 2. The monoisotopic (exact) mass is 345 g/mol. The standard InChI is InChI=1S/C18H23N3O4/c1-14(22)15-5-4-6-17(11-15)20-18(23)16(12-19)13-21(7-9-24-2)8-10-25-3/h4-6,11,13H,7-10H2,1-3H3,(H,20,23)/b16-13-. The van der Waals surface area contributed by atoms with Crippen LogP contribution in [0.1, 0.15) is 17.3 Å². The van der Waals surface area contributed by atoms with Crippen molar-refractivity contribution in [3.8, 4) is 6.07 Å². The van der Waals surface area contributed by atoms with Gasteiger partial charge in [0, 0.05) is 44.8 Å². The first-order valence-electron chi connectivity index (χ1n) is 7.78. The first-order chi connectivity index (χ1) is 12.0. The second-order valence-electron chi connectivity index (χ2n) is 5.27. The Kier molecular flexibility index (Phi) is 8.93. The highest BCUT2D eigenvalue weighted by molar-refractivity contribution is 6.07. The van der Waals surface area contributed by atoms with E-state index < -0.39 is 5.91 Å². The van der Waals surface area contributed by atoms with Crippen molar-refractivity contribution in [2.75, 3.05) is 45.8 Å². The Bertz CT molecular complexity index is 657. The Morgan fingerprint density at radius 1 is 1.24 bits per heavy atom. The van der Waals surface area contributed by atoms with Crippen LogP contribution in [-0.4, -0.2) is 57.1 Å². The maximum absolute atomic E-state index is 12.3. The summed E-state index contributed by atoms with van der Waals surface area (Å²) < 4.78 is 10.1. The van der Waals surface area contributed by atoms with E-state index in [0.717, 1.165) is 0 Å². The van der Waals surface area contributed by atoms with Crippen LogP contribution in [0.5, 0.6) is 0 Å². The minimum Gasteiger partial charge on any atom is -0.383 e. The molecule has 0 fully saturated rings. The molecule has 1 rings (SSSR count). The van der Waals surface area contributed by atoms with E-state index in [2.05, 4.69) is 5.32 Å². The molecule has 1 aromatic carbocycles. The van der Waals surface area contributed by atoms with Gasteiger partial charge in [-0.05, 0) is 19.1 Å². The zero-order valence-electron chi connectivity index (χ0n) is 14.7. The zero-order chi connectivity index (χ0) is 18.7. The van der Waals surface area contributed by atoms with E-state index in [9.17, 15) is 14.9 Å². The fourth-order valence-corrected chi connectivity index (χ4v) is 1.99. The molecule has 0 aromatic heterocycles. The fraction of sp³-hybridized carbons (Fsp3) is 0.389. The Hall–Kier alpha value is -2.69. The Morgan fingerprint density at radius 3 is 2.40 bits per heavy atom. The van der Waals surface area contributed by atoms with Crippen molar-refractivity contribution in [3.63, 3.8) is 0 Å². The zero-order valence-corrected chi connectivity index (χ0v) is 14.7. The lowest BCUT2D eigenvalue weighted by Gasteiger charge is -2.20. The van der Waals surface area contributed by atoms with Gasteiger partial charge in [0.2, 0.25) is 0 Å². The van der Waals surface area contributed by atoms with Crippen LogP contribution in [0.15, 0.2) is 36.0 Å². The lowest BCUT2D eigenvalue weighted by Crippen LogP contribution is -2.27. The van der Waals surface area contributed by atoms with Crippen molar-refractivity contribution in [1.29, 1.82) is 5.26 Å². The second-order valence-corrected chi connectivity index (χ2v) is 5.27. The summed E-state index contributed by atoms with van der Waals surface area (Å²) >= 11 is 0. The summed E-state index contributed by atoms with van der Waals surface area (Å²) in [5.74, 6) is -0.638. The quantitative estimate of drug-likeness (QED) is 0.395. The van der Waals surface area contributed by atoms with Crippen LogP contribution < -0.4 is 5.32 Å². The molecule has 1 N–H and O–H groups in total. The van der Waals surface area contributed by atoms with E-state index in [4.69, 9.17) is 9.47 Å². The highest BCUT2D eigenvalue weighted by Gasteiger charge is 2.12. The van der Waals surface area contributed by atoms with Crippen LogP contribution in [-0.2, 0) is 14.3 Å². The van der Waals surface area contributed by atoms with Gasteiger partial charge in [0.05, 0.1) is 13.2 Å². The highest BCUT2D eigenvalue weighted by atomic mass is 16.5. The summed E-state index contributed by atoms with van der Waals surface area (Å²) in [6.07, 6.45) is 1.49. The third kappa shape index (κ3) is 7.16. The molecule has 1 aromatic rings.